The Balaban J connectivity index is 1.41. The van der Waals surface area contributed by atoms with Gasteiger partial charge < -0.3 is 10.2 Å². The number of hydrogen-bond acceptors (Lipinski definition) is 4. The summed E-state index contributed by atoms with van der Waals surface area (Å²) in [5.41, 5.74) is 2.48. The average Bonchev–Trinajstić information content (AvgIpc) is 3.51. The van der Waals surface area contributed by atoms with Crippen molar-refractivity contribution in [1.29, 1.82) is 0 Å². The van der Waals surface area contributed by atoms with Gasteiger partial charge in [-0.2, -0.15) is 4.31 Å². The molecule has 1 aliphatic rings. The summed E-state index contributed by atoms with van der Waals surface area (Å²) in [6, 6.07) is 20.6. The highest BCUT2D eigenvalue weighted by Gasteiger charge is 2.28. The Labute approximate surface area is 246 Å². The predicted octanol–water partition coefficient (Wildman–Crippen LogP) is 5.44. The molecule has 0 saturated carbocycles. The van der Waals surface area contributed by atoms with E-state index in [4.69, 9.17) is 23.2 Å². The van der Waals surface area contributed by atoms with Crippen molar-refractivity contribution in [2.24, 2.45) is 0 Å². The van der Waals surface area contributed by atoms with Crippen LogP contribution in [0.2, 0.25) is 10.0 Å². The third-order valence-corrected chi connectivity index (χ3v) is 9.58. The van der Waals surface area contributed by atoms with Crippen LogP contribution in [-0.4, -0.2) is 48.6 Å². The molecule has 1 heterocycles. The van der Waals surface area contributed by atoms with Crippen molar-refractivity contribution in [2.75, 3.05) is 13.1 Å². The molecule has 0 bridgehead atoms. The first-order valence-corrected chi connectivity index (χ1v) is 15.5. The van der Waals surface area contributed by atoms with Gasteiger partial charge in [0.25, 0.3) is 0 Å². The fourth-order valence-corrected chi connectivity index (χ4v) is 6.65. The highest BCUT2D eigenvalue weighted by Crippen LogP contribution is 2.23. The fourth-order valence-electron chi connectivity index (χ4n) is 4.66. The maximum absolute atomic E-state index is 13.4. The Morgan fingerprint density at radius 1 is 0.950 bits per heavy atom. The van der Waals surface area contributed by atoms with Gasteiger partial charge in [0.2, 0.25) is 21.8 Å². The minimum Gasteiger partial charge on any atom is -0.350 e. The average molecular weight is 603 g/mol. The number of nitrogens with one attached hydrogen (secondary N) is 1. The minimum absolute atomic E-state index is 0.172. The Morgan fingerprint density at radius 2 is 1.62 bits per heavy atom. The molecule has 1 N–H and O–H groups in total. The summed E-state index contributed by atoms with van der Waals surface area (Å²) in [4.78, 5) is 28.4. The number of aryl methyl sites for hydroxylation is 1. The summed E-state index contributed by atoms with van der Waals surface area (Å²) in [7, 11) is -3.49. The van der Waals surface area contributed by atoms with Crippen LogP contribution in [0.25, 0.3) is 0 Å². The molecule has 0 aromatic heterocycles. The second-order valence-electron chi connectivity index (χ2n) is 9.89. The van der Waals surface area contributed by atoms with Crippen molar-refractivity contribution in [1.82, 2.24) is 14.5 Å². The molecule has 10 heteroatoms. The van der Waals surface area contributed by atoms with Crippen LogP contribution in [0.3, 0.4) is 0 Å². The molecular weight excluding hydrogens is 569 g/mol. The number of nitrogens with zero attached hydrogens (tertiary/aromatic N) is 2. The number of carbonyl (C=O) groups excluding carboxylic acids is 2. The van der Waals surface area contributed by atoms with Crippen LogP contribution in [0.4, 0.5) is 0 Å². The zero-order valence-electron chi connectivity index (χ0n) is 22.4. The number of rotatable bonds is 11. The van der Waals surface area contributed by atoms with Gasteiger partial charge in [-0.25, -0.2) is 8.42 Å². The number of hydrogen-bond donors (Lipinski definition) is 1. The van der Waals surface area contributed by atoms with Gasteiger partial charge in [-0.3, -0.25) is 9.59 Å². The van der Waals surface area contributed by atoms with Gasteiger partial charge in [0, 0.05) is 42.6 Å². The van der Waals surface area contributed by atoms with Crippen LogP contribution in [-0.2, 0) is 39.1 Å². The van der Waals surface area contributed by atoms with Crippen molar-refractivity contribution in [3.05, 3.63) is 99.5 Å². The third-order valence-electron chi connectivity index (χ3n) is 7.08. The molecule has 212 valence electrons. The van der Waals surface area contributed by atoms with Gasteiger partial charge in [0.1, 0.15) is 6.04 Å². The summed E-state index contributed by atoms with van der Waals surface area (Å²) >= 11 is 12.2. The second kappa shape index (κ2) is 13.6. The fraction of sp³-hybridized carbons (Fsp3) is 0.333. The zero-order chi connectivity index (χ0) is 28.7. The molecule has 1 fully saturated rings. The number of amides is 2. The molecular formula is C30H33Cl2N3O4S. The van der Waals surface area contributed by atoms with E-state index in [9.17, 15) is 18.0 Å². The number of sulfonamides is 1. The van der Waals surface area contributed by atoms with Gasteiger partial charge in [0.15, 0.2) is 0 Å². The Morgan fingerprint density at radius 3 is 2.27 bits per heavy atom. The van der Waals surface area contributed by atoms with E-state index < -0.39 is 16.1 Å². The molecule has 4 rings (SSSR count). The first kappa shape index (κ1) is 30.1. The van der Waals surface area contributed by atoms with Crippen LogP contribution >= 0.6 is 23.2 Å². The number of carbonyl (C=O) groups is 2. The molecule has 7 nitrogen and oxygen atoms in total. The summed E-state index contributed by atoms with van der Waals surface area (Å²) in [6.07, 6.45) is 2.35. The van der Waals surface area contributed by atoms with Gasteiger partial charge >= 0.3 is 0 Å². The number of benzene rings is 3. The predicted molar refractivity (Wildman–Crippen MR) is 158 cm³/mol. The maximum Gasteiger partial charge on any atom is 0.243 e. The highest BCUT2D eigenvalue weighted by atomic mass is 35.5. The lowest BCUT2D eigenvalue weighted by Gasteiger charge is -2.29. The zero-order valence-corrected chi connectivity index (χ0v) is 24.7. The van der Waals surface area contributed by atoms with E-state index in [0.717, 1.165) is 29.5 Å². The molecule has 1 atom stereocenters. The molecule has 3 aromatic rings. The van der Waals surface area contributed by atoms with E-state index in [1.807, 2.05) is 30.3 Å². The normalized spacial score (nSPS) is 14.6. The van der Waals surface area contributed by atoms with E-state index in [0.29, 0.717) is 29.6 Å². The monoisotopic (exact) mass is 601 g/mol. The van der Waals surface area contributed by atoms with E-state index in [2.05, 4.69) is 5.32 Å². The lowest BCUT2D eigenvalue weighted by Crippen LogP contribution is -2.47. The van der Waals surface area contributed by atoms with Crippen LogP contribution in [0.1, 0.15) is 42.9 Å². The highest BCUT2D eigenvalue weighted by molar-refractivity contribution is 7.89. The second-order valence-corrected chi connectivity index (χ2v) is 12.7. The largest absolute Gasteiger partial charge is 0.350 e. The van der Waals surface area contributed by atoms with Gasteiger partial charge in [-0.1, -0.05) is 71.7 Å². The first-order chi connectivity index (χ1) is 19.1. The lowest BCUT2D eigenvalue weighted by atomic mass is 10.1. The topological polar surface area (TPSA) is 86.8 Å². The van der Waals surface area contributed by atoms with Crippen LogP contribution in [0.5, 0.6) is 0 Å². The number of halogens is 2. The summed E-state index contributed by atoms with van der Waals surface area (Å²) in [5, 5.41) is 3.84. The molecule has 40 heavy (non-hydrogen) atoms. The van der Waals surface area contributed by atoms with Crippen LogP contribution in [0.15, 0.2) is 77.7 Å². The minimum atomic E-state index is -3.49. The molecule has 1 aliphatic heterocycles. The van der Waals surface area contributed by atoms with Crippen molar-refractivity contribution >= 4 is 45.0 Å². The van der Waals surface area contributed by atoms with E-state index in [-0.39, 0.29) is 36.2 Å². The Kier molecular flexibility index (Phi) is 10.2. The van der Waals surface area contributed by atoms with Crippen molar-refractivity contribution < 1.29 is 18.0 Å². The van der Waals surface area contributed by atoms with E-state index >= 15 is 0 Å². The van der Waals surface area contributed by atoms with Gasteiger partial charge in [-0.15, -0.1) is 0 Å². The molecule has 0 spiro atoms. The van der Waals surface area contributed by atoms with Crippen molar-refractivity contribution in [3.63, 3.8) is 0 Å². The summed E-state index contributed by atoms with van der Waals surface area (Å²) < 4.78 is 27.1. The maximum atomic E-state index is 13.4. The Bertz CT molecular complexity index is 1430. The lowest BCUT2D eigenvalue weighted by molar-refractivity contribution is -0.140. The molecule has 2 amide bonds. The quantitative estimate of drug-likeness (QED) is 0.317. The first-order valence-electron chi connectivity index (χ1n) is 13.3. The van der Waals surface area contributed by atoms with E-state index in [1.165, 1.54) is 4.31 Å². The van der Waals surface area contributed by atoms with Crippen LogP contribution in [0, 0.1) is 0 Å². The standard InChI is InChI=1S/C30H33Cl2N3O4S/c1-22(30(37)33-20-25-12-13-26(31)19-28(25)32)35(21-24-7-3-2-4-8-24)29(36)16-11-23-9-14-27(15-10-23)40(38,39)34-17-5-6-18-34/h2-4,7-10,12-15,19,22H,5-6,11,16-18,20-21H2,1H3,(H,33,37)/t22-/m0/s1. The molecule has 0 unspecified atom stereocenters. The van der Waals surface area contributed by atoms with Crippen LogP contribution < -0.4 is 5.32 Å². The third kappa shape index (κ3) is 7.63. The molecule has 0 aliphatic carbocycles. The van der Waals surface area contributed by atoms with E-state index in [1.54, 1.807) is 54.3 Å². The SMILES string of the molecule is C[C@@H](C(=O)NCc1ccc(Cl)cc1Cl)N(Cc1ccccc1)C(=O)CCc1ccc(S(=O)(=O)N2CCCC2)cc1. The van der Waals surface area contributed by atoms with Gasteiger partial charge in [-0.05, 0) is 67.1 Å². The molecule has 0 radical (unpaired) electrons. The molecule has 1 saturated heterocycles. The van der Waals surface area contributed by atoms with Crippen molar-refractivity contribution in [2.45, 2.75) is 56.6 Å². The Hall–Kier alpha value is -2.91. The smallest absolute Gasteiger partial charge is 0.243 e. The van der Waals surface area contributed by atoms with Crippen molar-refractivity contribution in [3.8, 4) is 0 Å². The summed E-state index contributed by atoms with van der Waals surface area (Å²) in [6.45, 7) is 3.29. The molecule has 3 aromatic carbocycles. The summed E-state index contributed by atoms with van der Waals surface area (Å²) in [5.74, 6) is -0.475. The van der Waals surface area contributed by atoms with Gasteiger partial charge in [0.05, 0.1) is 4.90 Å².